The minimum absolute atomic E-state index is 0.00428. The molecule has 6 nitrogen and oxygen atoms in total. The number of hydrogen-bond acceptors (Lipinski definition) is 4. The fourth-order valence-corrected chi connectivity index (χ4v) is 5.27. The number of rotatable bonds is 7. The van der Waals surface area contributed by atoms with E-state index < -0.39 is 0 Å². The molecule has 5 rings (SSSR count). The second kappa shape index (κ2) is 9.61. The molecule has 2 amide bonds. The van der Waals surface area contributed by atoms with Crippen LogP contribution in [0.2, 0.25) is 0 Å². The Morgan fingerprint density at radius 2 is 2.00 bits per heavy atom. The number of carbonyl (C=O) groups is 1. The Morgan fingerprint density at radius 1 is 1.16 bits per heavy atom. The van der Waals surface area contributed by atoms with Crippen LogP contribution in [0.15, 0.2) is 64.7 Å². The molecule has 1 aliphatic carbocycles. The van der Waals surface area contributed by atoms with Crippen LogP contribution in [0.1, 0.15) is 43.6 Å². The van der Waals surface area contributed by atoms with Crippen LogP contribution in [0.5, 0.6) is 0 Å². The molecular formula is C25H28N4O2S. The van der Waals surface area contributed by atoms with Crippen molar-refractivity contribution in [3.8, 4) is 11.3 Å². The first-order valence-corrected chi connectivity index (χ1v) is 12.2. The third-order valence-electron chi connectivity index (χ3n) is 6.14. The number of nitrogens with one attached hydrogen (secondary N) is 1. The zero-order valence-corrected chi connectivity index (χ0v) is 18.9. The highest BCUT2D eigenvalue weighted by Crippen LogP contribution is 2.24. The van der Waals surface area contributed by atoms with Crippen molar-refractivity contribution >= 4 is 22.3 Å². The zero-order valence-electron chi connectivity index (χ0n) is 18.1. The summed E-state index contributed by atoms with van der Waals surface area (Å²) in [4.78, 5) is 20.7. The van der Waals surface area contributed by atoms with Gasteiger partial charge in [-0.2, -0.15) is 0 Å². The highest BCUT2D eigenvalue weighted by atomic mass is 32.1. The monoisotopic (exact) mass is 448 g/mol. The minimum Gasteiger partial charge on any atom is -0.467 e. The zero-order chi connectivity index (χ0) is 21.8. The van der Waals surface area contributed by atoms with Crippen LogP contribution in [-0.4, -0.2) is 32.9 Å². The van der Waals surface area contributed by atoms with Crippen LogP contribution in [0, 0.1) is 0 Å². The van der Waals surface area contributed by atoms with E-state index in [1.54, 1.807) is 17.6 Å². The van der Waals surface area contributed by atoms with E-state index in [1.165, 1.54) is 19.3 Å². The third kappa shape index (κ3) is 4.72. The fraction of sp³-hybridized carbons (Fsp3) is 0.360. The lowest BCUT2D eigenvalue weighted by atomic mass is 9.96. The summed E-state index contributed by atoms with van der Waals surface area (Å²) in [5.74, 6) is 0.799. The highest BCUT2D eigenvalue weighted by Gasteiger charge is 2.21. The maximum atomic E-state index is 13.1. The average molecular weight is 449 g/mol. The van der Waals surface area contributed by atoms with E-state index in [-0.39, 0.29) is 12.1 Å². The van der Waals surface area contributed by atoms with Gasteiger partial charge in [0.25, 0.3) is 0 Å². The van der Waals surface area contributed by atoms with Gasteiger partial charge in [0.2, 0.25) is 0 Å². The SMILES string of the molecule is O=C(NC1CCCCC1)N(CCc1csc2nc(-c3ccccc3)cn12)Cc1ccco1. The highest BCUT2D eigenvalue weighted by molar-refractivity contribution is 7.15. The van der Waals surface area contributed by atoms with E-state index in [2.05, 4.69) is 33.4 Å². The molecule has 4 aromatic rings. The molecule has 1 fully saturated rings. The van der Waals surface area contributed by atoms with E-state index >= 15 is 0 Å². The number of aromatic nitrogens is 2. The largest absolute Gasteiger partial charge is 0.467 e. The summed E-state index contributed by atoms with van der Waals surface area (Å²) in [6, 6.07) is 14.3. The van der Waals surface area contributed by atoms with Gasteiger partial charge in [-0.3, -0.25) is 4.40 Å². The van der Waals surface area contributed by atoms with Crippen molar-refractivity contribution in [2.75, 3.05) is 6.54 Å². The summed E-state index contributed by atoms with van der Waals surface area (Å²) in [6.45, 7) is 1.09. The topological polar surface area (TPSA) is 62.8 Å². The van der Waals surface area contributed by atoms with Crippen LogP contribution in [-0.2, 0) is 13.0 Å². The lowest BCUT2D eigenvalue weighted by Gasteiger charge is -2.28. The number of thiazole rings is 1. The standard InChI is InChI=1S/C25H28N4O2S/c30-24(26-20-10-5-2-6-11-20)28(16-22-12-7-15-31-22)14-13-21-18-32-25-27-23(17-29(21)25)19-8-3-1-4-9-19/h1,3-4,7-9,12,15,17-18,20H,2,5-6,10-11,13-14,16H2,(H,26,30). The van der Waals surface area contributed by atoms with Gasteiger partial charge >= 0.3 is 6.03 Å². The molecule has 0 spiro atoms. The molecule has 7 heteroatoms. The normalized spacial score (nSPS) is 14.6. The van der Waals surface area contributed by atoms with Gasteiger partial charge in [-0.25, -0.2) is 9.78 Å². The van der Waals surface area contributed by atoms with E-state index in [4.69, 9.17) is 9.40 Å². The molecule has 1 aliphatic rings. The maximum absolute atomic E-state index is 13.1. The molecule has 0 saturated heterocycles. The summed E-state index contributed by atoms with van der Waals surface area (Å²) in [5.41, 5.74) is 3.25. The summed E-state index contributed by atoms with van der Waals surface area (Å²) in [5, 5.41) is 5.39. The summed E-state index contributed by atoms with van der Waals surface area (Å²) < 4.78 is 7.68. The first-order valence-electron chi connectivity index (χ1n) is 11.3. The van der Waals surface area contributed by atoms with Crippen molar-refractivity contribution in [1.82, 2.24) is 19.6 Å². The van der Waals surface area contributed by atoms with Crippen molar-refractivity contribution < 1.29 is 9.21 Å². The van der Waals surface area contributed by atoms with Gasteiger partial charge in [0.05, 0.1) is 18.5 Å². The molecule has 1 saturated carbocycles. The van der Waals surface area contributed by atoms with Crippen LogP contribution in [0.25, 0.3) is 16.2 Å². The number of amides is 2. The number of urea groups is 1. The quantitative estimate of drug-likeness (QED) is 0.392. The van der Waals surface area contributed by atoms with Crippen LogP contribution in [0.4, 0.5) is 4.79 Å². The maximum Gasteiger partial charge on any atom is 0.318 e. The fourth-order valence-electron chi connectivity index (χ4n) is 4.36. The van der Waals surface area contributed by atoms with Gasteiger partial charge in [0.15, 0.2) is 4.96 Å². The smallest absolute Gasteiger partial charge is 0.318 e. The van der Waals surface area contributed by atoms with Crippen molar-refractivity contribution in [2.45, 2.75) is 51.1 Å². The van der Waals surface area contributed by atoms with Gasteiger partial charge in [-0.05, 0) is 25.0 Å². The van der Waals surface area contributed by atoms with Crippen molar-refractivity contribution in [2.24, 2.45) is 0 Å². The van der Waals surface area contributed by atoms with Gasteiger partial charge < -0.3 is 14.6 Å². The van der Waals surface area contributed by atoms with Gasteiger partial charge in [-0.1, -0.05) is 49.6 Å². The molecule has 1 aromatic carbocycles. The number of furan rings is 1. The average Bonchev–Trinajstić information content (AvgIpc) is 3.56. The van der Waals surface area contributed by atoms with Crippen LogP contribution < -0.4 is 5.32 Å². The summed E-state index contributed by atoms with van der Waals surface area (Å²) in [6.07, 6.45) is 10.3. The molecule has 32 heavy (non-hydrogen) atoms. The second-order valence-electron chi connectivity index (χ2n) is 8.41. The number of fused-ring (bicyclic) bond motifs is 1. The molecule has 3 heterocycles. The molecule has 3 aromatic heterocycles. The van der Waals surface area contributed by atoms with Crippen molar-refractivity contribution in [3.63, 3.8) is 0 Å². The molecule has 0 unspecified atom stereocenters. The van der Waals surface area contributed by atoms with Gasteiger partial charge in [0, 0.05) is 41.8 Å². The van der Waals surface area contributed by atoms with Crippen molar-refractivity contribution in [1.29, 1.82) is 0 Å². The number of hydrogen-bond donors (Lipinski definition) is 1. The Morgan fingerprint density at radius 3 is 2.78 bits per heavy atom. The second-order valence-corrected chi connectivity index (χ2v) is 9.24. The van der Waals surface area contributed by atoms with Crippen molar-refractivity contribution in [3.05, 3.63) is 71.8 Å². The Hall–Kier alpha value is -3.06. The summed E-state index contributed by atoms with van der Waals surface area (Å²) >= 11 is 1.64. The number of imidazole rings is 1. The number of nitrogens with zero attached hydrogens (tertiary/aromatic N) is 3. The van der Waals surface area contributed by atoms with Gasteiger partial charge in [-0.15, -0.1) is 11.3 Å². The van der Waals surface area contributed by atoms with E-state index in [9.17, 15) is 4.79 Å². The Kier molecular flexibility index (Phi) is 6.25. The predicted molar refractivity (Wildman–Crippen MR) is 127 cm³/mol. The third-order valence-corrected chi connectivity index (χ3v) is 7.03. The van der Waals surface area contributed by atoms with E-state index in [0.717, 1.165) is 46.9 Å². The van der Waals surface area contributed by atoms with E-state index in [0.29, 0.717) is 13.1 Å². The summed E-state index contributed by atoms with van der Waals surface area (Å²) in [7, 11) is 0. The Balaban J connectivity index is 1.30. The predicted octanol–water partition coefficient (Wildman–Crippen LogP) is 5.74. The number of benzene rings is 1. The van der Waals surface area contributed by atoms with Gasteiger partial charge in [0.1, 0.15) is 5.76 Å². The molecule has 0 atom stereocenters. The lowest BCUT2D eigenvalue weighted by molar-refractivity contribution is 0.183. The molecular weight excluding hydrogens is 420 g/mol. The Labute approximate surface area is 191 Å². The van der Waals surface area contributed by atoms with E-state index in [1.807, 2.05) is 35.2 Å². The first-order chi connectivity index (χ1) is 15.8. The molecule has 0 radical (unpaired) electrons. The Bertz CT molecular complexity index is 1140. The van der Waals surface area contributed by atoms with Crippen LogP contribution >= 0.6 is 11.3 Å². The minimum atomic E-state index is -0.00428. The molecule has 0 bridgehead atoms. The first kappa shape index (κ1) is 20.8. The lowest BCUT2D eigenvalue weighted by Crippen LogP contribution is -2.45. The number of carbonyl (C=O) groups excluding carboxylic acids is 1. The molecule has 166 valence electrons. The molecule has 0 aliphatic heterocycles. The van der Waals surface area contributed by atoms with Crippen LogP contribution in [0.3, 0.4) is 0 Å². The molecule has 1 N–H and O–H groups in total.